The van der Waals surface area contributed by atoms with Crippen molar-refractivity contribution in [3.8, 4) is 0 Å². The molecule has 0 spiro atoms. The third kappa shape index (κ3) is 8.54. The van der Waals surface area contributed by atoms with E-state index in [0.29, 0.717) is 29.2 Å². The van der Waals surface area contributed by atoms with Crippen molar-refractivity contribution in [2.45, 2.75) is 62.3 Å². The van der Waals surface area contributed by atoms with Crippen LogP contribution >= 0.6 is 23.1 Å². The summed E-state index contributed by atoms with van der Waals surface area (Å²) in [4.78, 5) is 83.6. The molecule has 0 aliphatic carbocycles. The van der Waals surface area contributed by atoms with E-state index in [-0.39, 0.29) is 35.3 Å². The number of anilines is 1. The van der Waals surface area contributed by atoms with Gasteiger partial charge < -0.3 is 41.5 Å². The number of primary amides is 1. The Morgan fingerprint density at radius 3 is 2.44 bits per heavy atom. The molecule has 6 rings (SSSR count). The molecule has 4 atom stereocenters. The molecule has 2 aromatic heterocycles. The number of nitrogens with zero attached hydrogens (tertiary/aromatic N) is 6. The summed E-state index contributed by atoms with van der Waals surface area (Å²) in [7, 11) is -4.75. The minimum atomic E-state index is -4.75. The van der Waals surface area contributed by atoms with Gasteiger partial charge in [0.1, 0.15) is 23.2 Å². The molecule has 4 aliphatic rings. The number of carbonyl (C=O) groups excluding carboxylic acids is 5. The molecule has 22 nitrogen and oxygen atoms in total. The highest BCUT2D eigenvalue weighted by Crippen LogP contribution is 2.40. The molecule has 6 heterocycles. The van der Waals surface area contributed by atoms with Crippen molar-refractivity contribution in [1.29, 1.82) is 0 Å². The second-order valence-corrected chi connectivity index (χ2v) is 15.5. The maximum absolute atomic E-state index is 13.1. The zero-order chi connectivity index (χ0) is 39.7. The first kappa shape index (κ1) is 39.8. The monoisotopic (exact) mass is 811 g/mol. The first-order valence-corrected chi connectivity index (χ1v) is 19.0. The number of nitrogens with one attached hydrogen (secondary N) is 1. The van der Waals surface area contributed by atoms with E-state index in [1.807, 2.05) is 6.07 Å². The van der Waals surface area contributed by atoms with Crippen molar-refractivity contribution in [3.05, 3.63) is 52.9 Å². The first-order valence-electron chi connectivity index (χ1n) is 15.7. The summed E-state index contributed by atoms with van der Waals surface area (Å²) in [6.45, 7) is 2.90. The highest BCUT2D eigenvalue weighted by molar-refractivity contribution is 8.00. The number of thioether (sulfide) groups is 1. The summed E-state index contributed by atoms with van der Waals surface area (Å²) in [5.74, 6) is -4.65. The number of fused-ring (bicyclic) bond motifs is 3. The molecule has 7 N–H and O–H groups in total. The fourth-order valence-corrected chi connectivity index (χ4v) is 7.96. The van der Waals surface area contributed by atoms with E-state index in [2.05, 4.69) is 19.7 Å². The number of piperidine rings is 1. The number of aromatic nitrogens is 2. The van der Waals surface area contributed by atoms with E-state index < -0.39 is 75.2 Å². The number of rotatable bonds is 12. The summed E-state index contributed by atoms with van der Waals surface area (Å²) in [6.07, 6.45) is 4.28. The number of β-lactam (4-membered cyclic amide) rings is 1. The normalized spacial score (nSPS) is 22.5. The molecule has 0 aromatic carbocycles. The summed E-state index contributed by atoms with van der Waals surface area (Å²) in [6, 6.07) is 2.33. The molecule has 0 saturated carbocycles. The number of nitrogens with two attached hydrogens (primary N) is 2. The minimum Gasteiger partial charge on any atom is -0.543 e. The molecule has 290 valence electrons. The van der Waals surface area contributed by atoms with Crippen molar-refractivity contribution in [3.63, 3.8) is 0 Å². The van der Waals surface area contributed by atoms with Crippen molar-refractivity contribution in [2.24, 2.45) is 10.9 Å². The topological polar surface area (TPSA) is 321 Å². The van der Waals surface area contributed by atoms with Crippen molar-refractivity contribution in [1.82, 2.24) is 25.2 Å². The standard InChI is InChI=1S/C22H22N6O7S2.C7H11N3O6S/c1-22(2,20(33)34)35-26-13(12-10-37-21(23)24-12)16(29)25-14-17(30)28-15(19(31)32)11(9-36-18(14)28)8-27-6-4-3-5-7-27;8-6(11)5-2-1-4-3-9(5)7(12)10(4)16-17(13,14)15/h3-7,10,14,18H,8-9H2,1-2H3,(H4-,23,24,25,29,31,32,33,34);4-5H,1-3H2,(H2,8,11)(H,13,14,15)/b26-13-;/t14-,18-;4-,5+/m11/s1. The fourth-order valence-electron chi connectivity index (χ4n) is 5.69. The lowest BCUT2D eigenvalue weighted by molar-refractivity contribution is -0.689. The average Bonchev–Trinajstić information content (AvgIpc) is 3.62. The third-order valence-electron chi connectivity index (χ3n) is 8.36. The molecule has 3 saturated heterocycles. The Kier molecular flexibility index (Phi) is 11.5. The van der Waals surface area contributed by atoms with Crippen LogP contribution in [0.1, 0.15) is 32.4 Å². The van der Waals surface area contributed by atoms with Gasteiger partial charge in [-0.05, 0) is 26.7 Å². The van der Waals surface area contributed by atoms with Crippen molar-refractivity contribution >= 4 is 80.0 Å². The van der Waals surface area contributed by atoms with E-state index >= 15 is 0 Å². The second kappa shape index (κ2) is 15.5. The number of thiazole rings is 1. The molecule has 54 heavy (non-hydrogen) atoms. The number of amides is 5. The Morgan fingerprint density at radius 1 is 1.19 bits per heavy atom. The maximum atomic E-state index is 13.1. The number of carboxylic acids is 2. The summed E-state index contributed by atoms with van der Waals surface area (Å²) < 4.78 is 35.6. The highest BCUT2D eigenvalue weighted by Gasteiger charge is 2.54. The number of aliphatic carboxylic acids is 2. The number of oxime groups is 1. The number of carbonyl (C=O) groups is 6. The van der Waals surface area contributed by atoms with Crippen LogP contribution in [0, 0.1) is 0 Å². The maximum Gasteiger partial charge on any atom is 0.418 e. The molecule has 5 amide bonds. The third-order valence-corrected chi connectivity index (χ3v) is 10.7. The van der Waals surface area contributed by atoms with Gasteiger partial charge in [-0.2, -0.15) is 13.5 Å². The Bertz CT molecular complexity index is 2040. The number of urea groups is 1. The molecule has 2 bridgehead atoms. The van der Waals surface area contributed by atoms with Crippen LogP contribution in [0.4, 0.5) is 9.93 Å². The van der Waals surface area contributed by atoms with Gasteiger partial charge in [0.2, 0.25) is 11.5 Å². The van der Waals surface area contributed by atoms with E-state index in [1.165, 1.54) is 31.0 Å². The summed E-state index contributed by atoms with van der Waals surface area (Å²) in [5.41, 5.74) is 8.96. The van der Waals surface area contributed by atoms with Gasteiger partial charge in [0.05, 0.1) is 17.7 Å². The molecule has 2 aromatic rings. The average molecular weight is 812 g/mol. The van der Waals surface area contributed by atoms with Gasteiger partial charge in [-0.1, -0.05) is 11.2 Å². The van der Waals surface area contributed by atoms with E-state index in [0.717, 1.165) is 21.1 Å². The van der Waals surface area contributed by atoms with Gasteiger partial charge >= 0.3 is 22.4 Å². The van der Waals surface area contributed by atoms with Crippen molar-refractivity contribution in [2.75, 3.05) is 18.0 Å². The van der Waals surface area contributed by atoms with Crippen LogP contribution in [-0.4, -0.2) is 121 Å². The Morgan fingerprint density at radius 2 is 1.87 bits per heavy atom. The van der Waals surface area contributed by atoms with Gasteiger partial charge in [-0.3, -0.25) is 23.8 Å². The molecule has 0 unspecified atom stereocenters. The van der Waals surface area contributed by atoms with Crippen LogP contribution in [-0.2, 0) is 50.0 Å². The fraction of sp³-hybridized carbons (Fsp3) is 0.414. The minimum absolute atomic E-state index is 0.0265. The van der Waals surface area contributed by atoms with E-state index in [4.69, 9.17) is 20.9 Å². The number of hydrogen-bond donors (Lipinski definition) is 5. The van der Waals surface area contributed by atoms with Gasteiger partial charge in [-0.25, -0.2) is 19.1 Å². The lowest BCUT2D eigenvalue weighted by Crippen LogP contribution is -2.71. The number of pyridine rings is 1. The molecular formula is C29H33N9O13S3. The number of carboxylic acid groups (broad SMARTS) is 2. The van der Waals surface area contributed by atoms with Crippen LogP contribution in [0.15, 0.2) is 52.4 Å². The number of hydroxylamine groups is 2. The van der Waals surface area contributed by atoms with Crippen LogP contribution in [0.5, 0.6) is 0 Å². The Balaban J connectivity index is 0.000000274. The lowest BCUT2D eigenvalue weighted by atomic mass is 10.0. The van der Waals surface area contributed by atoms with Crippen molar-refractivity contribution < 1.29 is 65.6 Å². The largest absolute Gasteiger partial charge is 0.543 e. The van der Waals surface area contributed by atoms with Gasteiger partial charge in [-0.15, -0.1) is 27.4 Å². The predicted molar refractivity (Wildman–Crippen MR) is 182 cm³/mol. The predicted octanol–water partition coefficient (Wildman–Crippen LogP) is -2.82. The van der Waals surface area contributed by atoms with Crippen LogP contribution in [0.3, 0.4) is 0 Å². The van der Waals surface area contributed by atoms with E-state index in [1.54, 1.807) is 29.1 Å². The summed E-state index contributed by atoms with van der Waals surface area (Å²) in [5, 5.41) is 28.9. The first-order chi connectivity index (χ1) is 25.3. The number of hydrogen-bond acceptors (Lipinski definition) is 16. The molecule has 3 fully saturated rings. The van der Waals surface area contributed by atoms with Crippen LogP contribution in [0.25, 0.3) is 0 Å². The highest BCUT2D eigenvalue weighted by atomic mass is 32.3. The van der Waals surface area contributed by atoms with Crippen LogP contribution < -0.4 is 26.5 Å². The molecule has 4 aliphatic heterocycles. The lowest BCUT2D eigenvalue weighted by Gasteiger charge is -2.50. The zero-order valence-electron chi connectivity index (χ0n) is 28.3. The number of nitrogen functional groups attached to an aromatic ring is 1. The quantitative estimate of drug-likeness (QED) is 0.0474. The second-order valence-electron chi connectivity index (χ2n) is 12.5. The van der Waals surface area contributed by atoms with Gasteiger partial charge in [0, 0.05) is 35.4 Å². The SMILES string of the molecule is CC(C)(O/N=C(\C(=O)N[C@@H]1C(=O)N2C(C(=O)[O-])=C(C[n+]3ccccc3)CS[C@H]12)c1csc(N)n1)C(=O)O.NC(=O)[C@@H]1CC[C@@H]2CN1C(=O)N2OS(=O)(=O)O. The van der Waals surface area contributed by atoms with Gasteiger partial charge in [0.25, 0.3) is 11.8 Å². The van der Waals surface area contributed by atoms with Gasteiger partial charge in [0.15, 0.2) is 29.8 Å². The summed E-state index contributed by atoms with van der Waals surface area (Å²) >= 11 is 2.32. The zero-order valence-corrected chi connectivity index (χ0v) is 30.7. The molecule has 0 radical (unpaired) electrons. The van der Waals surface area contributed by atoms with Crippen LogP contribution in [0.2, 0.25) is 0 Å². The Hall–Kier alpha value is -5.37. The smallest absolute Gasteiger partial charge is 0.418 e. The molecule has 25 heteroatoms. The van der Waals surface area contributed by atoms with E-state index in [9.17, 15) is 47.4 Å². The Labute approximate surface area is 314 Å². The molecular weight excluding hydrogens is 779 g/mol.